The van der Waals surface area contributed by atoms with E-state index in [2.05, 4.69) is 24.1 Å². The molecule has 2 aliphatic rings. The van der Waals surface area contributed by atoms with Crippen molar-refractivity contribution in [3.63, 3.8) is 0 Å². The summed E-state index contributed by atoms with van der Waals surface area (Å²) < 4.78 is 0. The summed E-state index contributed by atoms with van der Waals surface area (Å²) in [5.41, 5.74) is -0.00160. The Hall–Kier alpha value is -0.280. The van der Waals surface area contributed by atoms with E-state index < -0.39 is 0 Å². The molecule has 0 radical (unpaired) electrons. The Morgan fingerprint density at radius 3 is 2.53 bits per heavy atom. The highest BCUT2D eigenvalue weighted by Gasteiger charge is 2.44. The van der Waals surface area contributed by atoms with Crippen LogP contribution < -0.4 is 5.32 Å². The van der Waals surface area contributed by atoms with Gasteiger partial charge in [0, 0.05) is 13.1 Å². The highest BCUT2D eigenvalue weighted by Crippen LogP contribution is 2.39. The summed E-state index contributed by atoms with van der Waals surface area (Å²) >= 11 is 0. The highest BCUT2D eigenvalue weighted by atomic mass is 35.5. The van der Waals surface area contributed by atoms with Crippen LogP contribution in [0.4, 0.5) is 0 Å². The molecule has 1 N–H and O–H groups in total. The Labute approximate surface area is 111 Å². The molecular formula is C13H25ClN2O. The van der Waals surface area contributed by atoms with E-state index in [1.165, 1.54) is 6.42 Å². The maximum Gasteiger partial charge on any atom is 0.228 e. The molecule has 1 spiro atoms. The Bertz CT molecular complexity index is 257. The maximum absolute atomic E-state index is 12.5. The van der Waals surface area contributed by atoms with Crippen molar-refractivity contribution in [3.05, 3.63) is 0 Å². The fourth-order valence-electron chi connectivity index (χ4n) is 3.14. The van der Waals surface area contributed by atoms with Gasteiger partial charge in [0.05, 0.1) is 5.41 Å². The number of hydrogen-bond donors (Lipinski definition) is 1. The number of hydrogen-bond acceptors (Lipinski definition) is 2. The molecule has 2 fully saturated rings. The average Bonchev–Trinajstić information content (AvgIpc) is 2.26. The van der Waals surface area contributed by atoms with Gasteiger partial charge in [0.25, 0.3) is 0 Å². The number of carbonyl (C=O) groups is 1. The van der Waals surface area contributed by atoms with E-state index in [1.54, 1.807) is 0 Å². The van der Waals surface area contributed by atoms with E-state index in [-0.39, 0.29) is 17.8 Å². The number of halogens is 1. The van der Waals surface area contributed by atoms with Crippen molar-refractivity contribution in [2.24, 2.45) is 11.3 Å². The van der Waals surface area contributed by atoms with Crippen molar-refractivity contribution >= 4 is 18.3 Å². The van der Waals surface area contributed by atoms with Crippen LogP contribution in [-0.4, -0.2) is 37.0 Å². The van der Waals surface area contributed by atoms with Crippen LogP contribution in [0.25, 0.3) is 0 Å². The molecule has 0 atom stereocenters. The smallest absolute Gasteiger partial charge is 0.228 e. The molecule has 3 nitrogen and oxygen atoms in total. The minimum absolute atomic E-state index is 0. The van der Waals surface area contributed by atoms with E-state index >= 15 is 0 Å². The molecule has 0 aliphatic carbocycles. The number of piperidine rings is 2. The molecular weight excluding hydrogens is 236 g/mol. The van der Waals surface area contributed by atoms with Crippen LogP contribution in [0.3, 0.4) is 0 Å². The lowest BCUT2D eigenvalue weighted by molar-refractivity contribution is -0.149. The Kier molecular flexibility index (Phi) is 5.26. The van der Waals surface area contributed by atoms with E-state index in [0.29, 0.717) is 11.8 Å². The van der Waals surface area contributed by atoms with Crippen molar-refractivity contribution in [2.45, 2.75) is 39.5 Å². The zero-order chi connectivity index (χ0) is 11.6. The van der Waals surface area contributed by atoms with Gasteiger partial charge in [-0.3, -0.25) is 4.79 Å². The molecule has 100 valence electrons. The Morgan fingerprint density at radius 1 is 1.29 bits per heavy atom. The summed E-state index contributed by atoms with van der Waals surface area (Å²) in [6.07, 6.45) is 4.39. The molecule has 17 heavy (non-hydrogen) atoms. The minimum atomic E-state index is -0.00160. The van der Waals surface area contributed by atoms with Crippen LogP contribution >= 0.6 is 12.4 Å². The van der Waals surface area contributed by atoms with E-state index in [0.717, 1.165) is 45.4 Å². The second kappa shape index (κ2) is 6.05. The lowest BCUT2D eigenvalue weighted by Gasteiger charge is -2.44. The number of carbonyl (C=O) groups excluding carboxylic acids is 1. The normalized spacial score (nSPS) is 23.9. The molecule has 0 unspecified atom stereocenters. The molecule has 0 saturated carbocycles. The van der Waals surface area contributed by atoms with Crippen LogP contribution in [0.5, 0.6) is 0 Å². The van der Waals surface area contributed by atoms with Gasteiger partial charge in [0.15, 0.2) is 0 Å². The Balaban J connectivity index is 0.00000144. The highest BCUT2D eigenvalue weighted by molar-refractivity contribution is 5.85. The van der Waals surface area contributed by atoms with Gasteiger partial charge in [0.2, 0.25) is 5.91 Å². The topological polar surface area (TPSA) is 32.3 Å². The van der Waals surface area contributed by atoms with E-state index in [4.69, 9.17) is 0 Å². The van der Waals surface area contributed by atoms with Crippen molar-refractivity contribution in [1.29, 1.82) is 0 Å². The van der Waals surface area contributed by atoms with Gasteiger partial charge < -0.3 is 10.2 Å². The van der Waals surface area contributed by atoms with Crippen molar-refractivity contribution < 1.29 is 4.79 Å². The van der Waals surface area contributed by atoms with Crippen molar-refractivity contribution in [2.75, 3.05) is 26.2 Å². The molecule has 2 aliphatic heterocycles. The largest absolute Gasteiger partial charge is 0.342 e. The summed E-state index contributed by atoms with van der Waals surface area (Å²) in [5, 5.41) is 3.36. The zero-order valence-electron chi connectivity index (χ0n) is 11.0. The minimum Gasteiger partial charge on any atom is -0.342 e. The second-order valence-corrected chi connectivity index (χ2v) is 5.78. The molecule has 2 saturated heterocycles. The zero-order valence-corrected chi connectivity index (χ0v) is 11.8. The quantitative estimate of drug-likeness (QED) is 0.824. The standard InChI is InChI=1S/C13H24N2O.ClH/c1-11(2)10-15-9-3-4-13(12(15)16)5-7-14-8-6-13;/h11,14H,3-10H2,1-2H3;1H. The first kappa shape index (κ1) is 14.8. The molecule has 2 rings (SSSR count). The SMILES string of the molecule is CC(C)CN1CCCC2(CCNCC2)C1=O.Cl. The van der Waals surface area contributed by atoms with Gasteiger partial charge in [-0.05, 0) is 44.7 Å². The second-order valence-electron chi connectivity index (χ2n) is 5.78. The average molecular weight is 261 g/mol. The summed E-state index contributed by atoms with van der Waals surface area (Å²) in [6.45, 7) is 8.33. The fourth-order valence-corrected chi connectivity index (χ4v) is 3.14. The van der Waals surface area contributed by atoms with Crippen molar-refractivity contribution in [1.82, 2.24) is 10.2 Å². The maximum atomic E-state index is 12.5. The first-order valence-corrected chi connectivity index (χ1v) is 6.64. The van der Waals surface area contributed by atoms with Crippen LogP contribution in [0.2, 0.25) is 0 Å². The summed E-state index contributed by atoms with van der Waals surface area (Å²) in [7, 11) is 0. The first-order chi connectivity index (χ1) is 7.64. The lowest BCUT2D eigenvalue weighted by Crippen LogP contribution is -2.53. The predicted molar refractivity (Wildman–Crippen MR) is 72.4 cm³/mol. The lowest BCUT2D eigenvalue weighted by atomic mass is 9.72. The van der Waals surface area contributed by atoms with Gasteiger partial charge in [-0.25, -0.2) is 0 Å². The Morgan fingerprint density at radius 2 is 1.94 bits per heavy atom. The molecule has 0 aromatic rings. The predicted octanol–water partition coefficient (Wildman–Crippen LogP) is 2.06. The van der Waals surface area contributed by atoms with Gasteiger partial charge in [-0.2, -0.15) is 0 Å². The number of rotatable bonds is 2. The third kappa shape index (κ3) is 3.14. The third-order valence-electron chi connectivity index (χ3n) is 3.97. The fraction of sp³-hybridized carbons (Fsp3) is 0.923. The molecule has 0 aromatic carbocycles. The van der Waals surface area contributed by atoms with Gasteiger partial charge in [0.1, 0.15) is 0 Å². The summed E-state index contributed by atoms with van der Waals surface area (Å²) in [5.74, 6) is 1.02. The number of amides is 1. The molecule has 1 amide bonds. The number of nitrogens with one attached hydrogen (secondary N) is 1. The van der Waals surface area contributed by atoms with Gasteiger partial charge >= 0.3 is 0 Å². The van der Waals surface area contributed by atoms with Crippen LogP contribution in [0.1, 0.15) is 39.5 Å². The van der Waals surface area contributed by atoms with Gasteiger partial charge in [-0.1, -0.05) is 13.8 Å². The van der Waals surface area contributed by atoms with Gasteiger partial charge in [-0.15, -0.1) is 12.4 Å². The van der Waals surface area contributed by atoms with E-state index in [1.807, 2.05) is 0 Å². The summed E-state index contributed by atoms with van der Waals surface area (Å²) in [4.78, 5) is 14.6. The molecule has 0 bridgehead atoms. The van der Waals surface area contributed by atoms with Crippen LogP contribution in [0, 0.1) is 11.3 Å². The molecule has 2 heterocycles. The number of likely N-dealkylation sites (tertiary alicyclic amines) is 1. The van der Waals surface area contributed by atoms with Crippen LogP contribution in [0.15, 0.2) is 0 Å². The van der Waals surface area contributed by atoms with E-state index in [9.17, 15) is 4.79 Å². The monoisotopic (exact) mass is 260 g/mol. The first-order valence-electron chi connectivity index (χ1n) is 6.64. The molecule has 4 heteroatoms. The van der Waals surface area contributed by atoms with Crippen molar-refractivity contribution in [3.8, 4) is 0 Å². The summed E-state index contributed by atoms with van der Waals surface area (Å²) in [6, 6.07) is 0. The number of nitrogens with zero attached hydrogens (tertiary/aromatic N) is 1. The third-order valence-corrected chi connectivity index (χ3v) is 3.97. The molecule has 0 aromatic heterocycles. The van der Waals surface area contributed by atoms with Crippen LogP contribution in [-0.2, 0) is 4.79 Å².